The van der Waals surface area contributed by atoms with Crippen LogP contribution >= 0.6 is 0 Å². The van der Waals surface area contributed by atoms with E-state index in [0.717, 1.165) is 0 Å². The van der Waals surface area contributed by atoms with E-state index in [4.69, 9.17) is 0 Å². The summed E-state index contributed by atoms with van der Waals surface area (Å²) in [5.74, 6) is 0. The Bertz CT molecular complexity index is 665. The molecular weight excluding hydrogens is 376 g/mol. The quantitative estimate of drug-likeness (QED) is 0.306. The second kappa shape index (κ2) is 6.73. The summed E-state index contributed by atoms with van der Waals surface area (Å²) < 4.78 is 32.5. The first-order valence-corrected chi connectivity index (χ1v) is 5.53. The van der Waals surface area contributed by atoms with E-state index in [1.54, 1.807) is 0 Å². The second-order valence-corrected chi connectivity index (χ2v) is 4.36. The number of hydrogen-bond donors (Lipinski definition) is 0. The number of nitrogens with zero attached hydrogens (tertiary/aromatic N) is 3. The van der Waals surface area contributed by atoms with Gasteiger partial charge < -0.3 is 4.55 Å². The van der Waals surface area contributed by atoms with Crippen LogP contribution in [0.2, 0.25) is 0 Å². The molecule has 0 N–H and O–H groups in total. The van der Waals surface area contributed by atoms with Crippen LogP contribution in [0, 0.1) is 30.3 Å². The maximum absolute atomic E-state index is 10.8. The molecule has 102 valence electrons. The first kappa shape index (κ1) is 19.1. The van der Waals surface area contributed by atoms with Gasteiger partial charge in [0, 0.05) is 0 Å². The number of benzene rings is 1. The van der Waals surface area contributed by atoms with Gasteiger partial charge in [-0.25, -0.2) is 8.42 Å². The molecule has 20 heavy (non-hydrogen) atoms. The van der Waals surface area contributed by atoms with Crippen molar-refractivity contribution in [3.63, 3.8) is 0 Å². The number of nitro groups is 3. The van der Waals surface area contributed by atoms with E-state index in [2.05, 4.69) is 0 Å². The molecule has 0 heterocycles. The van der Waals surface area contributed by atoms with Gasteiger partial charge in [0.25, 0.3) is 5.69 Å². The second-order valence-electron chi connectivity index (χ2n) is 3.04. The van der Waals surface area contributed by atoms with Gasteiger partial charge in [-0.2, -0.15) is 0 Å². The largest absolute Gasteiger partial charge is 1.00 e. The Labute approximate surface area is 158 Å². The molecule has 0 saturated heterocycles. The molecule has 0 spiro atoms. The van der Waals surface area contributed by atoms with Gasteiger partial charge in [0.15, 0.2) is 0 Å². The zero-order valence-electron chi connectivity index (χ0n) is 9.58. The number of hydrogen-bond acceptors (Lipinski definition) is 9. The summed E-state index contributed by atoms with van der Waals surface area (Å²) in [6, 6.07) is 0.329. The molecule has 0 aromatic heterocycles. The van der Waals surface area contributed by atoms with Crippen molar-refractivity contribution >= 4 is 27.2 Å². The Balaban J connectivity index is 0.00000361. The third kappa shape index (κ3) is 4.06. The van der Waals surface area contributed by atoms with Crippen LogP contribution in [0.15, 0.2) is 17.0 Å². The molecule has 1 aromatic carbocycles. The van der Waals surface area contributed by atoms with Crippen LogP contribution in [-0.2, 0) is 10.1 Å². The molecule has 1 aromatic rings. The summed E-state index contributed by atoms with van der Waals surface area (Å²) in [5, 5.41) is 31.6. The molecule has 0 atom stereocenters. The summed E-state index contributed by atoms with van der Waals surface area (Å²) in [6.45, 7) is 0. The minimum Gasteiger partial charge on any atom is -0.744 e. The fourth-order valence-electron chi connectivity index (χ4n) is 1.22. The van der Waals surface area contributed by atoms with E-state index in [0.29, 0.717) is 0 Å². The van der Waals surface area contributed by atoms with Crippen molar-refractivity contribution in [2.45, 2.75) is 4.90 Å². The Hall–Kier alpha value is -0.865. The van der Waals surface area contributed by atoms with Crippen LogP contribution in [0.25, 0.3) is 0 Å². The molecule has 0 aliphatic heterocycles. The molecular formula is C6H2N3O9RbS. The zero-order chi connectivity index (χ0) is 15.0. The molecule has 0 bridgehead atoms. The average molecular weight is 378 g/mol. The molecule has 0 aliphatic carbocycles. The van der Waals surface area contributed by atoms with Crippen LogP contribution in [0.4, 0.5) is 17.1 Å². The third-order valence-electron chi connectivity index (χ3n) is 1.89. The number of rotatable bonds is 4. The monoisotopic (exact) mass is 377 g/mol. The smallest absolute Gasteiger partial charge is 0.744 e. The van der Waals surface area contributed by atoms with Gasteiger partial charge in [0.1, 0.15) is 10.1 Å². The standard InChI is InChI=1S/C6H3N3O9S.Rb/c10-7(11)3-1-4(8(12)13)6(19(16,17)18)5(2-3)9(14)15;/h1-2H,(H,16,17,18);/q;+1/p-1. The van der Waals surface area contributed by atoms with Crippen molar-refractivity contribution in [1.29, 1.82) is 0 Å². The van der Waals surface area contributed by atoms with Crippen LogP contribution in [-0.4, -0.2) is 27.7 Å². The van der Waals surface area contributed by atoms with E-state index in [-0.39, 0.29) is 70.3 Å². The van der Waals surface area contributed by atoms with Gasteiger partial charge in [0.2, 0.25) is 4.90 Å². The van der Waals surface area contributed by atoms with Crippen molar-refractivity contribution in [3.05, 3.63) is 42.5 Å². The van der Waals surface area contributed by atoms with Gasteiger partial charge in [-0.1, -0.05) is 0 Å². The van der Waals surface area contributed by atoms with Crippen molar-refractivity contribution in [2.75, 3.05) is 0 Å². The fourth-order valence-corrected chi connectivity index (χ4v) is 2.00. The third-order valence-corrected chi connectivity index (χ3v) is 2.81. The van der Waals surface area contributed by atoms with Crippen molar-refractivity contribution < 1.29 is 85.9 Å². The predicted molar refractivity (Wildman–Crippen MR) is 54.4 cm³/mol. The summed E-state index contributed by atoms with van der Waals surface area (Å²) in [4.78, 5) is 25.8. The minimum atomic E-state index is -5.55. The molecule has 0 radical (unpaired) electrons. The Morgan fingerprint density at radius 1 is 0.850 bits per heavy atom. The van der Waals surface area contributed by atoms with Crippen molar-refractivity contribution in [1.82, 2.24) is 0 Å². The molecule has 0 saturated carbocycles. The Morgan fingerprint density at radius 2 is 1.20 bits per heavy atom. The van der Waals surface area contributed by atoms with Crippen LogP contribution < -0.4 is 58.2 Å². The van der Waals surface area contributed by atoms with Crippen LogP contribution in [0.3, 0.4) is 0 Å². The molecule has 12 nitrogen and oxygen atoms in total. The van der Waals surface area contributed by atoms with E-state index in [1.165, 1.54) is 0 Å². The van der Waals surface area contributed by atoms with Gasteiger partial charge in [-0.05, 0) is 0 Å². The van der Waals surface area contributed by atoms with Crippen LogP contribution in [0.1, 0.15) is 0 Å². The summed E-state index contributed by atoms with van der Waals surface area (Å²) in [7, 11) is -5.55. The minimum absolute atomic E-state index is 0. The number of non-ortho nitro benzene ring substituents is 1. The first-order valence-electron chi connectivity index (χ1n) is 4.13. The van der Waals surface area contributed by atoms with Crippen LogP contribution in [0.5, 0.6) is 0 Å². The predicted octanol–water partition coefficient (Wildman–Crippen LogP) is -2.68. The van der Waals surface area contributed by atoms with Gasteiger partial charge in [0.05, 0.1) is 26.9 Å². The molecule has 0 unspecified atom stereocenters. The molecule has 0 amide bonds. The first-order chi connectivity index (χ1) is 8.55. The topological polar surface area (TPSA) is 187 Å². The molecule has 0 fully saturated rings. The Morgan fingerprint density at radius 3 is 1.40 bits per heavy atom. The van der Waals surface area contributed by atoms with E-state index < -0.39 is 46.8 Å². The molecule has 0 aliphatic rings. The normalized spacial score (nSPS) is 10.4. The average Bonchev–Trinajstić information content (AvgIpc) is 2.25. The SMILES string of the molecule is O=[N+]([O-])c1cc([N+](=O)[O-])c(S(=O)(=O)[O-])c([N+](=O)[O-])c1.[Rb+]. The van der Waals surface area contributed by atoms with Gasteiger partial charge >= 0.3 is 69.6 Å². The molecule has 1 rings (SSSR count). The van der Waals surface area contributed by atoms with Crippen molar-refractivity contribution in [3.8, 4) is 0 Å². The summed E-state index contributed by atoms with van der Waals surface area (Å²) >= 11 is 0. The maximum atomic E-state index is 10.8. The maximum Gasteiger partial charge on any atom is 1.00 e. The van der Waals surface area contributed by atoms with Crippen molar-refractivity contribution in [2.24, 2.45) is 0 Å². The number of nitro benzene ring substituents is 3. The fraction of sp³-hybridized carbons (Fsp3) is 0. The van der Waals surface area contributed by atoms with Gasteiger partial charge in [-0.3, -0.25) is 30.3 Å². The van der Waals surface area contributed by atoms with Gasteiger partial charge in [-0.15, -0.1) is 0 Å². The van der Waals surface area contributed by atoms with E-state index >= 15 is 0 Å². The summed E-state index contributed by atoms with van der Waals surface area (Å²) in [6.07, 6.45) is 0. The molecule has 14 heteroatoms. The van der Waals surface area contributed by atoms with E-state index in [9.17, 15) is 43.3 Å². The summed E-state index contributed by atoms with van der Waals surface area (Å²) in [5.41, 5.74) is -4.11. The van der Waals surface area contributed by atoms with E-state index in [1.807, 2.05) is 0 Å². The zero-order valence-corrected chi connectivity index (χ0v) is 15.3. The Kier molecular flexibility index (Phi) is 6.44.